The third-order valence-corrected chi connectivity index (χ3v) is 4.49. The summed E-state index contributed by atoms with van der Waals surface area (Å²) in [5.41, 5.74) is 0.652. The van der Waals surface area contributed by atoms with Gasteiger partial charge in [-0.15, -0.1) is 0 Å². The molecule has 0 aromatic rings. The fourth-order valence-corrected chi connectivity index (χ4v) is 3.32. The fourth-order valence-electron chi connectivity index (χ4n) is 3.32. The van der Waals surface area contributed by atoms with Gasteiger partial charge in [-0.2, -0.15) is 0 Å². The normalized spacial score (nSPS) is 31.2. The third kappa shape index (κ3) is 2.65. The van der Waals surface area contributed by atoms with Crippen molar-refractivity contribution in [2.24, 2.45) is 5.41 Å². The van der Waals surface area contributed by atoms with Crippen LogP contribution >= 0.6 is 0 Å². The summed E-state index contributed by atoms with van der Waals surface area (Å²) in [7, 11) is 0. The lowest BCUT2D eigenvalue weighted by atomic mass is 9.79. The Morgan fingerprint density at radius 2 is 1.82 bits per heavy atom. The van der Waals surface area contributed by atoms with Gasteiger partial charge >= 0.3 is 0 Å². The van der Waals surface area contributed by atoms with Crippen LogP contribution in [0, 0.1) is 5.41 Å². The van der Waals surface area contributed by atoms with E-state index < -0.39 is 0 Å². The maximum Gasteiger partial charge on any atom is 0.219 e. The third-order valence-electron chi connectivity index (χ3n) is 4.49. The molecule has 0 bridgehead atoms. The van der Waals surface area contributed by atoms with Crippen LogP contribution in [-0.2, 0) is 4.79 Å². The van der Waals surface area contributed by atoms with Gasteiger partial charge < -0.3 is 4.90 Å². The molecule has 2 saturated heterocycles. The van der Waals surface area contributed by atoms with Gasteiger partial charge in [0.2, 0.25) is 5.91 Å². The molecule has 1 unspecified atom stereocenters. The van der Waals surface area contributed by atoms with E-state index in [1.807, 2.05) is 0 Å². The Kier molecular flexibility index (Phi) is 3.23. The minimum atomic E-state index is 0.248. The Balaban J connectivity index is 2.04. The van der Waals surface area contributed by atoms with Gasteiger partial charge in [-0.3, -0.25) is 9.69 Å². The lowest BCUT2D eigenvalue weighted by molar-refractivity contribution is -0.132. The highest BCUT2D eigenvalue weighted by atomic mass is 16.2. The molecule has 1 atom stereocenters. The van der Waals surface area contributed by atoms with Gasteiger partial charge in [0, 0.05) is 37.5 Å². The van der Waals surface area contributed by atoms with E-state index in [2.05, 4.69) is 30.6 Å². The van der Waals surface area contributed by atoms with Crippen molar-refractivity contribution >= 4 is 5.91 Å². The van der Waals surface area contributed by atoms with Crippen molar-refractivity contribution in [3.05, 3.63) is 0 Å². The number of piperidine rings is 1. The molecule has 98 valence electrons. The Morgan fingerprint density at radius 3 is 2.35 bits per heavy atom. The molecule has 0 aliphatic carbocycles. The van der Waals surface area contributed by atoms with Gasteiger partial charge in [0.1, 0.15) is 0 Å². The molecule has 2 heterocycles. The van der Waals surface area contributed by atoms with E-state index >= 15 is 0 Å². The van der Waals surface area contributed by atoms with Crippen molar-refractivity contribution in [2.45, 2.75) is 52.5 Å². The zero-order valence-corrected chi connectivity index (χ0v) is 11.8. The van der Waals surface area contributed by atoms with Crippen LogP contribution in [-0.4, -0.2) is 47.4 Å². The van der Waals surface area contributed by atoms with Gasteiger partial charge in [-0.25, -0.2) is 0 Å². The summed E-state index contributed by atoms with van der Waals surface area (Å²) in [6.45, 7) is 12.9. The second-order valence-corrected chi connectivity index (χ2v) is 6.89. The SMILES string of the molecule is CC(=O)N1CCCC2(CCN(C(C)(C)C)C2)C1. The zero-order chi connectivity index (χ0) is 12.7. The molecular weight excluding hydrogens is 212 g/mol. The fraction of sp³-hybridized carbons (Fsp3) is 0.929. The van der Waals surface area contributed by atoms with Gasteiger partial charge in [0.25, 0.3) is 0 Å². The molecule has 0 radical (unpaired) electrons. The summed E-state index contributed by atoms with van der Waals surface area (Å²) >= 11 is 0. The van der Waals surface area contributed by atoms with Gasteiger partial charge in [-0.05, 0) is 46.6 Å². The highest BCUT2D eigenvalue weighted by molar-refractivity contribution is 5.73. The Hall–Kier alpha value is -0.570. The van der Waals surface area contributed by atoms with E-state index in [1.54, 1.807) is 6.92 Å². The number of carbonyl (C=O) groups is 1. The largest absolute Gasteiger partial charge is 0.342 e. The molecule has 1 spiro atoms. The molecule has 2 fully saturated rings. The summed E-state index contributed by atoms with van der Waals surface area (Å²) in [6.07, 6.45) is 3.73. The van der Waals surface area contributed by atoms with Crippen LogP contribution in [0.5, 0.6) is 0 Å². The number of amides is 1. The lowest BCUT2D eigenvalue weighted by Crippen LogP contribution is -2.48. The summed E-state index contributed by atoms with van der Waals surface area (Å²) in [4.78, 5) is 16.2. The molecule has 2 rings (SSSR count). The Morgan fingerprint density at radius 1 is 1.12 bits per heavy atom. The Bertz CT molecular complexity index is 308. The minimum Gasteiger partial charge on any atom is -0.342 e. The second kappa shape index (κ2) is 4.27. The predicted octanol–water partition coefficient (Wildman–Crippen LogP) is 2.12. The van der Waals surface area contributed by atoms with Crippen molar-refractivity contribution in [1.29, 1.82) is 0 Å². The van der Waals surface area contributed by atoms with Crippen LogP contribution in [0.4, 0.5) is 0 Å². The van der Waals surface area contributed by atoms with E-state index in [9.17, 15) is 4.79 Å². The molecule has 2 aliphatic heterocycles. The van der Waals surface area contributed by atoms with E-state index in [1.165, 1.54) is 32.4 Å². The first-order valence-corrected chi connectivity index (χ1v) is 6.83. The highest BCUT2D eigenvalue weighted by Crippen LogP contribution is 2.41. The highest BCUT2D eigenvalue weighted by Gasteiger charge is 2.44. The van der Waals surface area contributed by atoms with Crippen LogP contribution < -0.4 is 0 Å². The smallest absolute Gasteiger partial charge is 0.219 e. The summed E-state index contributed by atoms with van der Waals surface area (Å²) in [5, 5.41) is 0. The number of hydrogen-bond donors (Lipinski definition) is 0. The molecule has 17 heavy (non-hydrogen) atoms. The maximum atomic E-state index is 11.5. The molecule has 0 saturated carbocycles. The van der Waals surface area contributed by atoms with Crippen molar-refractivity contribution < 1.29 is 4.79 Å². The van der Waals surface area contributed by atoms with Crippen molar-refractivity contribution in [1.82, 2.24) is 9.80 Å². The Labute approximate surface area is 105 Å². The van der Waals surface area contributed by atoms with Gasteiger partial charge in [0.15, 0.2) is 0 Å². The first kappa shape index (κ1) is 12.9. The van der Waals surface area contributed by atoms with Crippen molar-refractivity contribution in [3.8, 4) is 0 Å². The van der Waals surface area contributed by atoms with Crippen LogP contribution in [0.25, 0.3) is 0 Å². The number of rotatable bonds is 0. The molecule has 0 aromatic heterocycles. The number of likely N-dealkylation sites (tertiary alicyclic amines) is 2. The van der Waals surface area contributed by atoms with Crippen LogP contribution in [0.2, 0.25) is 0 Å². The number of hydrogen-bond acceptors (Lipinski definition) is 2. The van der Waals surface area contributed by atoms with E-state index in [0.29, 0.717) is 5.41 Å². The number of carbonyl (C=O) groups excluding carboxylic acids is 1. The molecule has 1 amide bonds. The van der Waals surface area contributed by atoms with Crippen LogP contribution in [0.3, 0.4) is 0 Å². The zero-order valence-electron chi connectivity index (χ0n) is 11.8. The second-order valence-electron chi connectivity index (χ2n) is 6.89. The first-order chi connectivity index (χ1) is 7.82. The van der Waals surface area contributed by atoms with Crippen molar-refractivity contribution in [2.75, 3.05) is 26.2 Å². The van der Waals surface area contributed by atoms with Gasteiger partial charge in [0.05, 0.1) is 0 Å². The predicted molar refractivity (Wildman–Crippen MR) is 69.9 cm³/mol. The van der Waals surface area contributed by atoms with Crippen LogP contribution in [0.15, 0.2) is 0 Å². The van der Waals surface area contributed by atoms with E-state index in [-0.39, 0.29) is 11.4 Å². The maximum absolute atomic E-state index is 11.5. The molecule has 3 nitrogen and oxygen atoms in total. The molecule has 2 aliphatic rings. The summed E-state index contributed by atoms with van der Waals surface area (Å²) in [6, 6.07) is 0. The molecule has 0 N–H and O–H groups in total. The lowest BCUT2D eigenvalue weighted by Gasteiger charge is -2.41. The van der Waals surface area contributed by atoms with E-state index in [4.69, 9.17) is 0 Å². The summed E-state index contributed by atoms with van der Waals surface area (Å²) in [5.74, 6) is 0.248. The molecular formula is C14H26N2O. The minimum absolute atomic E-state index is 0.248. The first-order valence-electron chi connectivity index (χ1n) is 6.83. The van der Waals surface area contributed by atoms with E-state index in [0.717, 1.165) is 13.1 Å². The number of nitrogens with zero attached hydrogens (tertiary/aromatic N) is 2. The van der Waals surface area contributed by atoms with Crippen molar-refractivity contribution in [3.63, 3.8) is 0 Å². The van der Waals surface area contributed by atoms with Gasteiger partial charge in [-0.1, -0.05) is 0 Å². The standard InChI is InChI=1S/C14H26N2O/c1-12(17)15-8-5-6-14(10-15)7-9-16(11-14)13(2,3)4/h5-11H2,1-4H3. The average Bonchev–Trinajstić information content (AvgIpc) is 2.62. The van der Waals surface area contributed by atoms with Crippen LogP contribution in [0.1, 0.15) is 47.0 Å². The summed E-state index contributed by atoms with van der Waals surface area (Å²) < 4.78 is 0. The molecule has 3 heteroatoms. The quantitative estimate of drug-likeness (QED) is 0.645. The average molecular weight is 238 g/mol. The monoisotopic (exact) mass is 238 g/mol. The molecule has 0 aromatic carbocycles. The topological polar surface area (TPSA) is 23.6 Å².